The van der Waals surface area contributed by atoms with Crippen LogP contribution < -0.4 is 15.0 Å². The SMILES string of the molecule is CCc1ccc(N2CC(C(=O)NCC3(c4ccc(OC)cc4)CCOCC3)CC2=O)cc1. The zero-order valence-corrected chi connectivity index (χ0v) is 18.9. The van der Waals surface area contributed by atoms with Crippen LogP contribution in [0.2, 0.25) is 0 Å². The molecule has 170 valence electrons. The first-order valence-corrected chi connectivity index (χ1v) is 11.4. The number of nitrogens with one attached hydrogen (secondary N) is 1. The van der Waals surface area contributed by atoms with Crippen LogP contribution in [0.1, 0.15) is 37.3 Å². The molecule has 2 saturated heterocycles. The summed E-state index contributed by atoms with van der Waals surface area (Å²) < 4.78 is 10.9. The fourth-order valence-corrected chi connectivity index (χ4v) is 4.72. The average molecular weight is 437 g/mol. The summed E-state index contributed by atoms with van der Waals surface area (Å²) in [6.07, 6.45) is 2.90. The van der Waals surface area contributed by atoms with Gasteiger partial charge in [0.05, 0.1) is 13.0 Å². The van der Waals surface area contributed by atoms with Crippen LogP contribution >= 0.6 is 0 Å². The summed E-state index contributed by atoms with van der Waals surface area (Å²) in [7, 11) is 1.66. The maximum Gasteiger partial charge on any atom is 0.227 e. The maximum atomic E-state index is 13.0. The Morgan fingerprint density at radius 3 is 2.44 bits per heavy atom. The molecular formula is C26H32N2O4. The molecule has 0 saturated carbocycles. The fourth-order valence-electron chi connectivity index (χ4n) is 4.72. The first-order chi connectivity index (χ1) is 15.5. The predicted octanol–water partition coefficient (Wildman–Crippen LogP) is 3.48. The molecule has 32 heavy (non-hydrogen) atoms. The highest BCUT2D eigenvalue weighted by atomic mass is 16.5. The third kappa shape index (κ3) is 4.65. The zero-order valence-electron chi connectivity index (χ0n) is 18.9. The van der Waals surface area contributed by atoms with Gasteiger partial charge in [0.25, 0.3) is 0 Å². The van der Waals surface area contributed by atoms with Crippen LogP contribution in [0.4, 0.5) is 5.69 Å². The molecule has 6 heteroatoms. The van der Waals surface area contributed by atoms with Gasteiger partial charge in [0.2, 0.25) is 11.8 Å². The van der Waals surface area contributed by atoms with Gasteiger partial charge in [-0.25, -0.2) is 0 Å². The van der Waals surface area contributed by atoms with E-state index in [1.807, 2.05) is 36.4 Å². The topological polar surface area (TPSA) is 67.9 Å². The first-order valence-electron chi connectivity index (χ1n) is 11.4. The Kier molecular flexibility index (Phi) is 6.80. The number of aryl methyl sites for hydroxylation is 1. The molecule has 0 aromatic heterocycles. The monoisotopic (exact) mass is 436 g/mol. The summed E-state index contributed by atoms with van der Waals surface area (Å²) >= 11 is 0. The van der Waals surface area contributed by atoms with Gasteiger partial charge in [-0.3, -0.25) is 9.59 Å². The molecule has 2 fully saturated rings. The van der Waals surface area contributed by atoms with Crippen molar-refractivity contribution in [3.8, 4) is 5.75 Å². The van der Waals surface area contributed by atoms with Crippen LogP contribution in [-0.2, 0) is 26.2 Å². The normalized spacial score (nSPS) is 20.2. The van der Waals surface area contributed by atoms with Crippen molar-refractivity contribution in [3.63, 3.8) is 0 Å². The van der Waals surface area contributed by atoms with Gasteiger partial charge in [-0.05, 0) is 54.7 Å². The lowest BCUT2D eigenvalue weighted by Gasteiger charge is -2.38. The van der Waals surface area contributed by atoms with E-state index in [1.54, 1.807) is 12.0 Å². The summed E-state index contributed by atoms with van der Waals surface area (Å²) in [5, 5.41) is 3.17. The summed E-state index contributed by atoms with van der Waals surface area (Å²) in [6, 6.07) is 16.1. The summed E-state index contributed by atoms with van der Waals surface area (Å²) in [5.41, 5.74) is 3.11. The van der Waals surface area contributed by atoms with Crippen molar-refractivity contribution in [1.29, 1.82) is 0 Å². The van der Waals surface area contributed by atoms with E-state index in [9.17, 15) is 9.59 Å². The predicted molar refractivity (Wildman–Crippen MR) is 124 cm³/mol. The molecule has 2 aromatic carbocycles. The van der Waals surface area contributed by atoms with Crippen LogP contribution in [0, 0.1) is 5.92 Å². The lowest BCUT2D eigenvalue weighted by atomic mass is 9.74. The Bertz CT molecular complexity index is 933. The number of ether oxygens (including phenoxy) is 2. The number of carbonyl (C=O) groups is 2. The molecule has 2 heterocycles. The molecule has 1 N–H and O–H groups in total. The van der Waals surface area contributed by atoms with Crippen molar-refractivity contribution in [1.82, 2.24) is 5.32 Å². The van der Waals surface area contributed by atoms with Crippen LogP contribution in [0.5, 0.6) is 5.75 Å². The zero-order chi connectivity index (χ0) is 22.6. The molecule has 2 aliphatic heterocycles. The number of amides is 2. The van der Waals surface area contributed by atoms with E-state index >= 15 is 0 Å². The van der Waals surface area contributed by atoms with Gasteiger partial charge < -0.3 is 19.7 Å². The van der Waals surface area contributed by atoms with E-state index < -0.39 is 0 Å². The molecule has 0 bridgehead atoms. The molecule has 2 aliphatic rings. The Morgan fingerprint density at radius 1 is 1.12 bits per heavy atom. The molecule has 1 unspecified atom stereocenters. The van der Waals surface area contributed by atoms with E-state index in [0.29, 0.717) is 26.3 Å². The number of hydrogen-bond donors (Lipinski definition) is 1. The van der Waals surface area contributed by atoms with E-state index in [-0.39, 0.29) is 29.6 Å². The minimum absolute atomic E-state index is 0.00494. The Morgan fingerprint density at radius 2 is 1.81 bits per heavy atom. The summed E-state index contributed by atoms with van der Waals surface area (Å²) in [4.78, 5) is 27.4. The Hall–Kier alpha value is -2.86. The number of carbonyl (C=O) groups excluding carboxylic acids is 2. The maximum absolute atomic E-state index is 13.0. The van der Waals surface area contributed by atoms with E-state index in [4.69, 9.17) is 9.47 Å². The van der Waals surface area contributed by atoms with Crippen molar-refractivity contribution < 1.29 is 19.1 Å². The molecule has 0 radical (unpaired) electrons. The summed E-state index contributed by atoms with van der Waals surface area (Å²) in [6.45, 7) is 4.41. The highest BCUT2D eigenvalue weighted by molar-refractivity contribution is 6.00. The van der Waals surface area contributed by atoms with Crippen molar-refractivity contribution >= 4 is 17.5 Å². The molecule has 2 amide bonds. The van der Waals surface area contributed by atoms with E-state index in [1.165, 1.54) is 11.1 Å². The molecule has 1 atom stereocenters. The largest absolute Gasteiger partial charge is 0.497 e. The van der Waals surface area contributed by atoms with Gasteiger partial charge in [0.15, 0.2) is 0 Å². The Labute approximate surface area is 189 Å². The molecule has 2 aromatic rings. The quantitative estimate of drug-likeness (QED) is 0.722. The standard InChI is InChI=1S/C26H32N2O4/c1-3-19-4-8-22(9-5-19)28-17-20(16-24(28)29)25(30)27-18-26(12-14-32-15-13-26)21-6-10-23(31-2)11-7-21/h4-11,20H,3,12-18H2,1-2H3,(H,27,30). The van der Waals surface area contributed by atoms with Crippen molar-refractivity contribution in [2.75, 3.05) is 38.3 Å². The number of rotatable bonds is 7. The average Bonchev–Trinajstić information content (AvgIpc) is 3.25. The molecule has 6 nitrogen and oxygen atoms in total. The molecule has 0 aliphatic carbocycles. The van der Waals surface area contributed by atoms with Gasteiger partial charge in [0, 0.05) is 43.8 Å². The third-order valence-electron chi connectivity index (χ3n) is 6.91. The molecule has 0 spiro atoms. The van der Waals surface area contributed by atoms with Gasteiger partial charge in [0.1, 0.15) is 5.75 Å². The molecule has 4 rings (SSSR count). The number of anilines is 1. The number of nitrogens with zero attached hydrogens (tertiary/aromatic N) is 1. The van der Waals surface area contributed by atoms with Crippen LogP contribution in [0.25, 0.3) is 0 Å². The number of methoxy groups -OCH3 is 1. The smallest absolute Gasteiger partial charge is 0.227 e. The highest BCUT2D eigenvalue weighted by Crippen LogP contribution is 2.35. The third-order valence-corrected chi connectivity index (χ3v) is 6.91. The molecular weight excluding hydrogens is 404 g/mol. The van der Waals surface area contributed by atoms with E-state index in [0.717, 1.165) is 30.7 Å². The second kappa shape index (κ2) is 9.74. The van der Waals surface area contributed by atoms with Gasteiger partial charge in [-0.2, -0.15) is 0 Å². The van der Waals surface area contributed by atoms with Gasteiger partial charge >= 0.3 is 0 Å². The van der Waals surface area contributed by atoms with Crippen molar-refractivity contribution in [3.05, 3.63) is 59.7 Å². The van der Waals surface area contributed by atoms with Gasteiger partial charge in [-0.15, -0.1) is 0 Å². The summed E-state index contributed by atoms with van der Waals surface area (Å²) in [5.74, 6) is 0.438. The van der Waals surface area contributed by atoms with Crippen molar-refractivity contribution in [2.45, 2.75) is 38.0 Å². The minimum Gasteiger partial charge on any atom is -0.497 e. The number of benzene rings is 2. The van der Waals surface area contributed by atoms with Crippen LogP contribution in [0.15, 0.2) is 48.5 Å². The number of hydrogen-bond acceptors (Lipinski definition) is 4. The second-order valence-corrected chi connectivity index (χ2v) is 8.76. The van der Waals surface area contributed by atoms with Crippen LogP contribution in [-0.4, -0.2) is 45.2 Å². The van der Waals surface area contributed by atoms with Crippen LogP contribution in [0.3, 0.4) is 0 Å². The second-order valence-electron chi connectivity index (χ2n) is 8.76. The van der Waals surface area contributed by atoms with Crippen molar-refractivity contribution in [2.24, 2.45) is 5.92 Å². The van der Waals surface area contributed by atoms with Gasteiger partial charge in [-0.1, -0.05) is 31.2 Å². The lowest BCUT2D eigenvalue weighted by molar-refractivity contribution is -0.126. The lowest BCUT2D eigenvalue weighted by Crippen LogP contribution is -2.46. The van der Waals surface area contributed by atoms with E-state index in [2.05, 4.69) is 24.4 Å². The Balaban J connectivity index is 1.42. The first kappa shape index (κ1) is 22.3. The minimum atomic E-state index is -0.332. The fraction of sp³-hybridized carbons (Fsp3) is 0.462. The highest BCUT2D eigenvalue weighted by Gasteiger charge is 2.38.